The van der Waals surface area contributed by atoms with E-state index in [2.05, 4.69) is 9.97 Å². The molecule has 0 unspecified atom stereocenters. The van der Waals surface area contributed by atoms with Crippen LogP contribution in [-0.4, -0.2) is 29.2 Å². The first-order chi connectivity index (χ1) is 9.69. The van der Waals surface area contributed by atoms with Crippen molar-refractivity contribution in [2.75, 3.05) is 13.2 Å². The van der Waals surface area contributed by atoms with Gasteiger partial charge in [0.25, 0.3) is 0 Å². The highest BCUT2D eigenvalue weighted by molar-refractivity contribution is 5.71. The number of aryl methyl sites for hydroxylation is 1. The Morgan fingerprint density at radius 2 is 1.95 bits per heavy atom. The molecule has 0 saturated heterocycles. The Morgan fingerprint density at radius 1 is 1.20 bits per heavy atom. The minimum atomic E-state index is -0.412. The van der Waals surface area contributed by atoms with Crippen molar-refractivity contribution in [2.45, 2.75) is 13.8 Å². The molecular weight excluding hydrogens is 256 g/mol. The average Bonchev–Trinajstić information content (AvgIpc) is 2.46. The van der Waals surface area contributed by atoms with Crippen molar-refractivity contribution in [3.63, 3.8) is 0 Å². The number of hydrogen-bond donors (Lipinski definition) is 0. The van der Waals surface area contributed by atoms with Crippen molar-refractivity contribution < 1.29 is 14.3 Å². The van der Waals surface area contributed by atoms with E-state index in [4.69, 9.17) is 9.47 Å². The predicted molar refractivity (Wildman–Crippen MR) is 74.3 cm³/mol. The van der Waals surface area contributed by atoms with Gasteiger partial charge in [-0.2, -0.15) is 4.98 Å². The van der Waals surface area contributed by atoms with Crippen molar-refractivity contribution in [2.24, 2.45) is 0 Å². The van der Waals surface area contributed by atoms with Gasteiger partial charge < -0.3 is 9.47 Å². The van der Waals surface area contributed by atoms with Crippen LogP contribution in [0, 0.1) is 6.92 Å². The third-order valence-corrected chi connectivity index (χ3v) is 2.51. The van der Waals surface area contributed by atoms with Crippen LogP contribution in [0.5, 0.6) is 5.88 Å². The molecule has 0 amide bonds. The van der Waals surface area contributed by atoms with Crippen LogP contribution in [0.4, 0.5) is 0 Å². The van der Waals surface area contributed by atoms with E-state index < -0.39 is 5.97 Å². The van der Waals surface area contributed by atoms with E-state index in [1.807, 2.05) is 37.3 Å². The molecule has 0 saturated carbocycles. The van der Waals surface area contributed by atoms with E-state index in [0.717, 1.165) is 11.3 Å². The zero-order valence-corrected chi connectivity index (χ0v) is 11.5. The normalized spacial score (nSPS) is 10.1. The lowest BCUT2D eigenvalue weighted by Crippen LogP contribution is -2.15. The first-order valence-electron chi connectivity index (χ1n) is 6.38. The lowest BCUT2D eigenvalue weighted by Gasteiger charge is -2.07. The monoisotopic (exact) mass is 272 g/mol. The Bertz CT molecular complexity index is 585. The molecular formula is C15H16N2O3. The topological polar surface area (TPSA) is 61.3 Å². The van der Waals surface area contributed by atoms with Crippen molar-refractivity contribution >= 4 is 5.97 Å². The second-order valence-corrected chi connectivity index (χ2v) is 4.13. The van der Waals surface area contributed by atoms with Gasteiger partial charge in [0, 0.05) is 17.3 Å². The fraction of sp³-hybridized carbons (Fsp3) is 0.267. The average molecular weight is 272 g/mol. The van der Waals surface area contributed by atoms with Gasteiger partial charge >= 0.3 is 5.97 Å². The first kappa shape index (κ1) is 14.0. The van der Waals surface area contributed by atoms with Crippen LogP contribution in [0.2, 0.25) is 0 Å². The highest BCUT2D eigenvalue weighted by atomic mass is 16.6. The molecule has 2 aromatic rings. The van der Waals surface area contributed by atoms with Crippen LogP contribution in [-0.2, 0) is 9.53 Å². The minimum absolute atomic E-state index is 0.154. The number of aromatic nitrogens is 2. The Kier molecular flexibility index (Phi) is 4.65. The molecule has 20 heavy (non-hydrogen) atoms. The third-order valence-electron chi connectivity index (χ3n) is 2.51. The van der Waals surface area contributed by atoms with E-state index >= 15 is 0 Å². The second-order valence-electron chi connectivity index (χ2n) is 4.13. The van der Waals surface area contributed by atoms with Gasteiger partial charge in [0.1, 0.15) is 0 Å². The van der Waals surface area contributed by atoms with Gasteiger partial charge in [0.05, 0.1) is 6.61 Å². The summed E-state index contributed by atoms with van der Waals surface area (Å²) in [4.78, 5) is 19.9. The number of rotatable bonds is 5. The van der Waals surface area contributed by atoms with Crippen LogP contribution < -0.4 is 4.74 Å². The molecule has 2 rings (SSSR count). The summed E-state index contributed by atoms with van der Waals surface area (Å²) in [6, 6.07) is 11.3. The summed E-state index contributed by atoms with van der Waals surface area (Å²) in [6.45, 7) is 3.78. The summed E-state index contributed by atoms with van der Waals surface area (Å²) in [5.74, 6) is 0.527. The number of benzene rings is 1. The fourth-order valence-corrected chi connectivity index (χ4v) is 1.67. The summed E-state index contributed by atoms with van der Waals surface area (Å²) in [5, 5.41) is 0. The molecule has 5 heteroatoms. The summed E-state index contributed by atoms with van der Waals surface area (Å²) in [7, 11) is 0. The molecule has 0 aliphatic heterocycles. The van der Waals surface area contributed by atoms with Crippen LogP contribution >= 0.6 is 0 Å². The molecule has 0 aliphatic rings. The number of ether oxygens (including phenoxy) is 2. The van der Waals surface area contributed by atoms with Gasteiger partial charge in [-0.1, -0.05) is 30.3 Å². The zero-order chi connectivity index (χ0) is 14.4. The Hall–Kier alpha value is -2.43. The first-order valence-corrected chi connectivity index (χ1v) is 6.38. The predicted octanol–water partition coefficient (Wildman–Crippen LogP) is 2.39. The highest BCUT2D eigenvalue weighted by Gasteiger charge is 2.08. The SMILES string of the molecule is CCOC(=O)COc1cc(C)nc(-c2ccccc2)n1. The van der Waals surface area contributed by atoms with E-state index in [1.165, 1.54) is 0 Å². The summed E-state index contributed by atoms with van der Waals surface area (Å²) in [5.41, 5.74) is 1.68. The quantitative estimate of drug-likeness (QED) is 0.782. The molecule has 0 bridgehead atoms. The third kappa shape index (κ3) is 3.78. The van der Waals surface area contributed by atoms with Crippen molar-refractivity contribution in [1.82, 2.24) is 9.97 Å². The van der Waals surface area contributed by atoms with Crippen LogP contribution in [0.25, 0.3) is 11.4 Å². The smallest absolute Gasteiger partial charge is 0.344 e. The number of carbonyl (C=O) groups excluding carboxylic acids is 1. The molecule has 0 N–H and O–H groups in total. The molecule has 0 atom stereocenters. The molecule has 0 fully saturated rings. The van der Waals surface area contributed by atoms with Gasteiger partial charge in [-0.3, -0.25) is 0 Å². The molecule has 5 nitrogen and oxygen atoms in total. The summed E-state index contributed by atoms with van der Waals surface area (Å²) in [6.07, 6.45) is 0. The van der Waals surface area contributed by atoms with Gasteiger partial charge in [0.15, 0.2) is 12.4 Å². The van der Waals surface area contributed by atoms with Crippen LogP contribution in [0.15, 0.2) is 36.4 Å². The number of hydrogen-bond acceptors (Lipinski definition) is 5. The second kappa shape index (κ2) is 6.65. The maximum atomic E-state index is 11.3. The Labute approximate surface area is 117 Å². The maximum absolute atomic E-state index is 11.3. The van der Waals surface area contributed by atoms with E-state index in [0.29, 0.717) is 18.3 Å². The largest absolute Gasteiger partial charge is 0.466 e. The zero-order valence-electron chi connectivity index (χ0n) is 11.5. The van der Waals surface area contributed by atoms with Crippen molar-refractivity contribution in [3.05, 3.63) is 42.1 Å². The van der Waals surface area contributed by atoms with Crippen LogP contribution in [0.3, 0.4) is 0 Å². The summed E-state index contributed by atoms with van der Waals surface area (Å²) >= 11 is 0. The molecule has 104 valence electrons. The van der Waals surface area contributed by atoms with Crippen molar-refractivity contribution in [3.8, 4) is 17.3 Å². The van der Waals surface area contributed by atoms with Gasteiger partial charge in [-0.15, -0.1) is 0 Å². The van der Waals surface area contributed by atoms with Gasteiger partial charge in [-0.25, -0.2) is 9.78 Å². The lowest BCUT2D eigenvalue weighted by molar-refractivity contribution is -0.145. The van der Waals surface area contributed by atoms with Crippen molar-refractivity contribution in [1.29, 1.82) is 0 Å². The number of carbonyl (C=O) groups is 1. The molecule has 0 radical (unpaired) electrons. The minimum Gasteiger partial charge on any atom is -0.466 e. The maximum Gasteiger partial charge on any atom is 0.344 e. The van der Waals surface area contributed by atoms with E-state index in [9.17, 15) is 4.79 Å². The van der Waals surface area contributed by atoms with Gasteiger partial charge in [-0.05, 0) is 13.8 Å². The van der Waals surface area contributed by atoms with Crippen LogP contribution in [0.1, 0.15) is 12.6 Å². The lowest BCUT2D eigenvalue weighted by atomic mass is 10.2. The Balaban J connectivity index is 2.15. The van der Waals surface area contributed by atoms with E-state index in [-0.39, 0.29) is 6.61 Å². The molecule has 1 aromatic heterocycles. The molecule has 1 aromatic carbocycles. The number of nitrogens with zero attached hydrogens (tertiary/aromatic N) is 2. The summed E-state index contributed by atoms with van der Waals surface area (Å²) < 4.78 is 10.1. The standard InChI is InChI=1S/C15H16N2O3/c1-3-19-14(18)10-20-13-9-11(2)16-15(17-13)12-7-5-4-6-8-12/h4-9H,3,10H2,1-2H3. The highest BCUT2D eigenvalue weighted by Crippen LogP contribution is 2.18. The Morgan fingerprint density at radius 3 is 2.65 bits per heavy atom. The van der Waals surface area contributed by atoms with E-state index in [1.54, 1.807) is 13.0 Å². The van der Waals surface area contributed by atoms with Gasteiger partial charge in [0.2, 0.25) is 5.88 Å². The number of esters is 1. The molecule has 0 aliphatic carbocycles. The fourth-order valence-electron chi connectivity index (χ4n) is 1.67. The molecule has 1 heterocycles. The molecule has 0 spiro atoms.